The van der Waals surface area contributed by atoms with Crippen molar-refractivity contribution in [3.8, 4) is 0 Å². The van der Waals surface area contributed by atoms with E-state index in [0.29, 0.717) is 23.8 Å². The molecule has 3 fully saturated rings. The fraction of sp³-hybridized carbons (Fsp3) is 0.706. The number of anilines is 1. The van der Waals surface area contributed by atoms with Gasteiger partial charge in [-0.1, -0.05) is 0 Å². The van der Waals surface area contributed by atoms with Crippen LogP contribution in [0.4, 0.5) is 19.0 Å². The molecular formula is C17H22F3N3O. The van der Waals surface area contributed by atoms with Crippen molar-refractivity contribution in [2.45, 2.75) is 30.7 Å². The minimum atomic E-state index is -4.34. The summed E-state index contributed by atoms with van der Waals surface area (Å²) in [7, 11) is 4.14. The second kappa shape index (κ2) is 5.33. The molecule has 1 aromatic rings. The van der Waals surface area contributed by atoms with Gasteiger partial charge in [-0.3, -0.25) is 0 Å². The number of fused-ring (bicyclic) bond motifs is 1. The Labute approximate surface area is 139 Å². The zero-order chi connectivity index (χ0) is 17.1. The number of halogens is 3. The van der Waals surface area contributed by atoms with E-state index in [-0.39, 0.29) is 5.60 Å². The Balaban J connectivity index is 1.54. The highest BCUT2D eigenvalue weighted by Gasteiger charge is 2.63. The molecule has 7 heteroatoms. The summed E-state index contributed by atoms with van der Waals surface area (Å²) in [6.07, 6.45) is -0.951. The molecule has 0 saturated carbocycles. The number of ether oxygens (including phenoxy) is 1. The first-order valence-corrected chi connectivity index (χ1v) is 8.39. The second-order valence-corrected chi connectivity index (χ2v) is 7.58. The molecule has 0 aromatic carbocycles. The molecule has 0 unspecified atom stereocenters. The van der Waals surface area contributed by atoms with Crippen molar-refractivity contribution in [1.29, 1.82) is 0 Å². The Morgan fingerprint density at radius 1 is 1.38 bits per heavy atom. The lowest BCUT2D eigenvalue weighted by atomic mass is 9.73. The van der Waals surface area contributed by atoms with E-state index in [2.05, 4.69) is 28.9 Å². The third kappa shape index (κ3) is 2.49. The normalized spacial score (nSPS) is 35.1. The van der Waals surface area contributed by atoms with Gasteiger partial charge in [0.15, 0.2) is 0 Å². The highest BCUT2D eigenvalue weighted by atomic mass is 19.4. The molecule has 132 valence electrons. The number of aromatic nitrogens is 1. The quantitative estimate of drug-likeness (QED) is 0.845. The SMILES string of the molecule is CN(C)C[C@H]1[C@H]2CN(c3ccc(C(F)(F)F)cn3)C[C@]23CC[C@H]1O3. The molecular weight excluding hydrogens is 319 g/mol. The number of alkyl halides is 3. The molecule has 0 N–H and O–H groups in total. The van der Waals surface area contributed by atoms with Crippen molar-refractivity contribution >= 4 is 5.82 Å². The fourth-order valence-electron chi connectivity index (χ4n) is 4.77. The Morgan fingerprint density at radius 3 is 2.79 bits per heavy atom. The van der Waals surface area contributed by atoms with Crippen molar-refractivity contribution in [1.82, 2.24) is 9.88 Å². The van der Waals surface area contributed by atoms with E-state index < -0.39 is 11.7 Å². The molecule has 2 bridgehead atoms. The maximum atomic E-state index is 12.7. The molecule has 0 aliphatic carbocycles. The lowest BCUT2D eigenvalue weighted by molar-refractivity contribution is -0.137. The van der Waals surface area contributed by atoms with E-state index in [1.807, 2.05) is 0 Å². The minimum Gasteiger partial charge on any atom is -0.369 e. The molecule has 4 nitrogen and oxygen atoms in total. The van der Waals surface area contributed by atoms with Gasteiger partial charge in [0.2, 0.25) is 0 Å². The van der Waals surface area contributed by atoms with Gasteiger partial charge in [-0.15, -0.1) is 0 Å². The van der Waals surface area contributed by atoms with Crippen LogP contribution in [0.3, 0.4) is 0 Å². The minimum absolute atomic E-state index is 0.129. The van der Waals surface area contributed by atoms with E-state index in [9.17, 15) is 13.2 Å². The van der Waals surface area contributed by atoms with Crippen molar-refractivity contribution in [3.05, 3.63) is 23.9 Å². The maximum absolute atomic E-state index is 12.7. The summed E-state index contributed by atoms with van der Waals surface area (Å²) >= 11 is 0. The van der Waals surface area contributed by atoms with Crippen LogP contribution in [0, 0.1) is 11.8 Å². The van der Waals surface area contributed by atoms with Crippen LogP contribution in [-0.4, -0.2) is 55.3 Å². The van der Waals surface area contributed by atoms with E-state index in [0.717, 1.165) is 44.7 Å². The van der Waals surface area contributed by atoms with Gasteiger partial charge in [0.05, 0.1) is 17.3 Å². The third-order valence-electron chi connectivity index (χ3n) is 5.76. The summed E-state index contributed by atoms with van der Waals surface area (Å²) in [5.74, 6) is 1.54. The molecule has 24 heavy (non-hydrogen) atoms. The molecule has 3 saturated heterocycles. The summed E-state index contributed by atoms with van der Waals surface area (Å²) < 4.78 is 44.5. The molecule has 4 heterocycles. The van der Waals surface area contributed by atoms with Crippen LogP contribution >= 0.6 is 0 Å². The van der Waals surface area contributed by atoms with Gasteiger partial charge in [0.25, 0.3) is 0 Å². The first-order valence-electron chi connectivity index (χ1n) is 8.39. The summed E-state index contributed by atoms with van der Waals surface area (Å²) in [5, 5.41) is 0. The van der Waals surface area contributed by atoms with Crippen LogP contribution in [0.5, 0.6) is 0 Å². The van der Waals surface area contributed by atoms with Gasteiger partial charge < -0.3 is 14.5 Å². The van der Waals surface area contributed by atoms with E-state index >= 15 is 0 Å². The average Bonchev–Trinajstić information content (AvgIpc) is 3.16. The lowest BCUT2D eigenvalue weighted by Crippen LogP contribution is -2.40. The maximum Gasteiger partial charge on any atom is 0.417 e. The average molecular weight is 341 g/mol. The van der Waals surface area contributed by atoms with E-state index in [4.69, 9.17) is 4.74 Å². The highest BCUT2D eigenvalue weighted by molar-refractivity contribution is 5.44. The Morgan fingerprint density at radius 2 is 2.17 bits per heavy atom. The summed E-state index contributed by atoms with van der Waals surface area (Å²) in [6.45, 7) is 2.54. The fourth-order valence-corrected chi connectivity index (χ4v) is 4.77. The first kappa shape index (κ1) is 16.1. The van der Waals surface area contributed by atoms with Gasteiger partial charge >= 0.3 is 6.18 Å². The van der Waals surface area contributed by atoms with Crippen LogP contribution < -0.4 is 4.90 Å². The Kier molecular flexibility index (Phi) is 3.58. The highest BCUT2D eigenvalue weighted by Crippen LogP contribution is 2.55. The molecule has 4 rings (SSSR count). The predicted octanol–water partition coefficient (Wildman–Crippen LogP) is 2.65. The van der Waals surface area contributed by atoms with Crippen molar-refractivity contribution in [2.75, 3.05) is 38.6 Å². The molecule has 3 aliphatic rings. The molecule has 4 atom stereocenters. The van der Waals surface area contributed by atoms with Crippen molar-refractivity contribution in [3.63, 3.8) is 0 Å². The number of hydrogen-bond acceptors (Lipinski definition) is 4. The molecule has 1 spiro atoms. The van der Waals surface area contributed by atoms with Crippen molar-refractivity contribution < 1.29 is 17.9 Å². The number of rotatable bonds is 3. The van der Waals surface area contributed by atoms with Crippen molar-refractivity contribution in [2.24, 2.45) is 11.8 Å². The number of pyridine rings is 1. The molecule has 1 aromatic heterocycles. The standard InChI is InChI=1S/C17H22F3N3O/c1-22(2)8-12-13-9-23(10-16(13)6-5-14(12)24-16)15-4-3-11(7-21-15)17(18,19)20/h3-4,7,12-14H,5-6,8-10H2,1-2H3/t12-,13+,14+,16+/m0/s1. The van der Waals surface area contributed by atoms with Gasteiger partial charge in [0.1, 0.15) is 5.82 Å². The molecule has 0 radical (unpaired) electrons. The Hall–Kier alpha value is -1.34. The van der Waals surface area contributed by atoms with Crippen LogP contribution in [0.25, 0.3) is 0 Å². The van der Waals surface area contributed by atoms with Gasteiger partial charge in [-0.25, -0.2) is 4.98 Å². The zero-order valence-electron chi connectivity index (χ0n) is 13.9. The zero-order valence-corrected chi connectivity index (χ0v) is 13.9. The van der Waals surface area contributed by atoms with Gasteiger partial charge in [-0.05, 0) is 39.1 Å². The topological polar surface area (TPSA) is 28.6 Å². The second-order valence-electron chi connectivity index (χ2n) is 7.58. The van der Waals surface area contributed by atoms with Crippen LogP contribution in [0.15, 0.2) is 18.3 Å². The Bertz CT molecular complexity index is 619. The number of hydrogen-bond donors (Lipinski definition) is 0. The summed E-state index contributed by atoms with van der Waals surface area (Å²) in [4.78, 5) is 8.35. The van der Waals surface area contributed by atoms with E-state index in [1.54, 1.807) is 0 Å². The largest absolute Gasteiger partial charge is 0.417 e. The van der Waals surface area contributed by atoms with Crippen LogP contribution in [0.2, 0.25) is 0 Å². The van der Waals surface area contributed by atoms with Gasteiger partial charge in [-0.2, -0.15) is 13.2 Å². The smallest absolute Gasteiger partial charge is 0.369 e. The monoisotopic (exact) mass is 341 g/mol. The number of nitrogens with zero attached hydrogens (tertiary/aromatic N) is 3. The summed E-state index contributed by atoms with van der Waals surface area (Å²) in [6, 6.07) is 2.59. The third-order valence-corrected chi connectivity index (χ3v) is 5.76. The lowest BCUT2D eigenvalue weighted by Gasteiger charge is -2.30. The summed E-state index contributed by atoms with van der Waals surface area (Å²) in [5.41, 5.74) is -0.832. The van der Waals surface area contributed by atoms with Gasteiger partial charge in [0, 0.05) is 37.7 Å². The molecule has 3 aliphatic heterocycles. The van der Waals surface area contributed by atoms with Crippen LogP contribution in [0.1, 0.15) is 18.4 Å². The first-order chi connectivity index (χ1) is 11.3. The van der Waals surface area contributed by atoms with Crippen LogP contribution in [-0.2, 0) is 10.9 Å². The molecule has 0 amide bonds. The van der Waals surface area contributed by atoms with E-state index in [1.165, 1.54) is 6.07 Å². The predicted molar refractivity (Wildman–Crippen MR) is 83.8 cm³/mol.